The molecule has 0 saturated heterocycles. The van der Waals surface area contributed by atoms with E-state index in [1.807, 2.05) is 12.2 Å². The maximum Gasteiger partial charge on any atom is 0.303 e. The number of allylic oxidation sites excluding steroid dienone is 1. The first-order chi connectivity index (χ1) is 11.5. The number of rotatable bonds is 11. The first-order valence-corrected chi connectivity index (χ1v) is 9.62. The number of aliphatic hydroxyl groups excluding tert-OH is 1. The van der Waals surface area contributed by atoms with E-state index in [1.54, 1.807) is 0 Å². The van der Waals surface area contributed by atoms with Crippen LogP contribution in [0.1, 0.15) is 90.9 Å². The highest BCUT2D eigenvalue weighted by molar-refractivity contribution is 5.84. The number of carbonyl (C=O) groups excluding carboxylic acids is 1. The van der Waals surface area contributed by atoms with Gasteiger partial charge in [-0.05, 0) is 25.7 Å². The molecule has 0 spiro atoms. The first kappa shape index (κ1) is 22.8. The minimum absolute atomic E-state index is 0.0887. The van der Waals surface area contributed by atoms with Gasteiger partial charge in [-0.2, -0.15) is 0 Å². The maximum atomic E-state index is 11.3. The third kappa shape index (κ3) is 13.3. The van der Waals surface area contributed by atoms with E-state index < -0.39 is 5.97 Å². The standard InChI is InChI=1S/C13H22O2.C7H14O2/c1-2-3-4-7-12(14)10-9-11-6-5-8-13(11)15;1-2-3-4-5-6-7(8)9/h9-12,14H,2-8H2,1H3;2-6H2,1H3,(H,8,9)/b10-9+;. The summed E-state index contributed by atoms with van der Waals surface area (Å²) >= 11 is 0. The summed E-state index contributed by atoms with van der Waals surface area (Å²) < 4.78 is 0. The van der Waals surface area contributed by atoms with Crippen LogP contribution in [-0.2, 0) is 9.59 Å². The summed E-state index contributed by atoms with van der Waals surface area (Å²) in [5, 5.41) is 17.8. The van der Waals surface area contributed by atoms with Gasteiger partial charge < -0.3 is 10.2 Å². The molecule has 1 aliphatic rings. The predicted molar refractivity (Wildman–Crippen MR) is 98.0 cm³/mol. The second kappa shape index (κ2) is 15.4. The van der Waals surface area contributed by atoms with Crippen LogP contribution in [0.25, 0.3) is 0 Å². The highest BCUT2D eigenvalue weighted by atomic mass is 16.4. The zero-order valence-corrected chi connectivity index (χ0v) is 15.5. The topological polar surface area (TPSA) is 74.6 Å². The minimum Gasteiger partial charge on any atom is -0.481 e. The monoisotopic (exact) mass is 340 g/mol. The van der Waals surface area contributed by atoms with Crippen molar-refractivity contribution < 1.29 is 19.8 Å². The van der Waals surface area contributed by atoms with E-state index in [-0.39, 0.29) is 12.0 Å². The van der Waals surface area contributed by atoms with Gasteiger partial charge in [-0.25, -0.2) is 0 Å². The van der Waals surface area contributed by atoms with Crippen molar-refractivity contribution in [2.24, 2.45) is 5.92 Å². The molecule has 1 aliphatic carbocycles. The Hall–Kier alpha value is -1.16. The van der Waals surface area contributed by atoms with Crippen molar-refractivity contribution in [1.82, 2.24) is 0 Å². The molecule has 0 aromatic rings. The number of aliphatic hydroxyl groups is 1. The minimum atomic E-state index is -0.675. The average Bonchev–Trinajstić information content (AvgIpc) is 2.95. The number of ketones is 1. The molecule has 0 heterocycles. The third-order valence-electron chi connectivity index (χ3n) is 4.27. The van der Waals surface area contributed by atoms with E-state index in [9.17, 15) is 14.7 Å². The van der Waals surface area contributed by atoms with Crippen molar-refractivity contribution in [1.29, 1.82) is 0 Å². The number of carboxylic acid groups (broad SMARTS) is 1. The molecular weight excluding hydrogens is 304 g/mol. The van der Waals surface area contributed by atoms with Crippen LogP contribution in [0, 0.1) is 5.92 Å². The number of carboxylic acids is 1. The van der Waals surface area contributed by atoms with Gasteiger partial charge >= 0.3 is 5.97 Å². The average molecular weight is 341 g/mol. The molecule has 24 heavy (non-hydrogen) atoms. The number of aliphatic carboxylic acids is 1. The third-order valence-corrected chi connectivity index (χ3v) is 4.27. The Morgan fingerprint density at radius 3 is 2.38 bits per heavy atom. The van der Waals surface area contributed by atoms with Crippen LogP contribution in [0.3, 0.4) is 0 Å². The lowest BCUT2D eigenvalue weighted by Crippen LogP contribution is -2.06. The molecular formula is C20H36O4. The molecule has 0 radical (unpaired) electrons. The van der Waals surface area contributed by atoms with Crippen molar-refractivity contribution in [3.05, 3.63) is 12.2 Å². The number of hydrogen-bond donors (Lipinski definition) is 2. The van der Waals surface area contributed by atoms with Crippen LogP contribution in [0.15, 0.2) is 12.2 Å². The molecule has 4 nitrogen and oxygen atoms in total. The van der Waals surface area contributed by atoms with Crippen LogP contribution in [0.4, 0.5) is 0 Å². The van der Waals surface area contributed by atoms with Gasteiger partial charge in [0.15, 0.2) is 0 Å². The lowest BCUT2D eigenvalue weighted by atomic mass is 10.0. The van der Waals surface area contributed by atoms with Gasteiger partial charge in [-0.15, -0.1) is 0 Å². The fraction of sp³-hybridized carbons (Fsp3) is 0.800. The Bertz CT molecular complexity index is 363. The van der Waals surface area contributed by atoms with Crippen LogP contribution in [0.2, 0.25) is 0 Å². The maximum absolute atomic E-state index is 11.3. The molecule has 1 fully saturated rings. The summed E-state index contributed by atoms with van der Waals surface area (Å²) in [6.07, 6.45) is 14.9. The Labute approximate surface area is 147 Å². The lowest BCUT2D eigenvalue weighted by Gasteiger charge is -2.05. The van der Waals surface area contributed by atoms with Crippen LogP contribution < -0.4 is 0 Å². The summed E-state index contributed by atoms with van der Waals surface area (Å²) in [5.41, 5.74) is 0. The van der Waals surface area contributed by atoms with Gasteiger partial charge in [0.1, 0.15) is 5.78 Å². The summed E-state index contributed by atoms with van der Waals surface area (Å²) in [6.45, 7) is 4.26. The molecule has 1 rings (SSSR count). The quantitative estimate of drug-likeness (QED) is 0.414. The molecule has 1 saturated carbocycles. The van der Waals surface area contributed by atoms with Crippen molar-refractivity contribution >= 4 is 11.8 Å². The normalized spacial score (nSPS) is 18.5. The second-order valence-electron chi connectivity index (χ2n) is 6.62. The van der Waals surface area contributed by atoms with E-state index in [4.69, 9.17) is 5.11 Å². The van der Waals surface area contributed by atoms with Crippen LogP contribution in [0.5, 0.6) is 0 Å². The van der Waals surface area contributed by atoms with Crippen molar-refractivity contribution in [3.63, 3.8) is 0 Å². The van der Waals surface area contributed by atoms with E-state index in [0.29, 0.717) is 12.2 Å². The highest BCUT2D eigenvalue weighted by Gasteiger charge is 2.21. The molecule has 0 bridgehead atoms. The summed E-state index contributed by atoms with van der Waals surface area (Å²) in [6, 6.07) is 0. The van der Waals surface area contributed by atoms with Gasteiger partial charge in [-0.3, -0.25) is 9.59 Å². The van der Waals surface area contributed by atoms with E-state index >= 15 is 0 Å². The molecule has 2 unspecified atom stereocenters. The lowest BCUT2D eigenvalue weighted by molar-refractivity contribution is -0.137. The Kier molecular flexibility index (Phi) is 14.6. The number of unbranched alkanes of at least 4 members (excludes halogenated alkanes) is 5. The number of hydrogen-bond acceptors (Lipinski definition) is 3. The molecule has 0 aliphatic heterocycles. The fourth-order valence-corrected chi connectivity index (χ4v) is 2.71. The van der Waals surface area contributed by atoms with Gasteiger partial charge in [0.05, 0.1) is 6.10 Å². The molecule has 0 aromatic heterocycles. The van der Waals surface area contributed by atoms with Crippen molar-refractivity contribution in [3.8, 4) is 0 Å². The highest BCUT2D eigenvalue weighted by Crippen LogP contribution is 2.22. The zero-order chi connectivity index (χ0) is 18.2. The number of Topliss-reactive ketones (excluding diaryl/α,β-unsaturated/α-hetero) is 1. The number of carbonyl (C=O) groups is 2. The van der Waals surface area contributed by atoms with Crippen molar-refractivity contribution in [2.75, 3.05) is 0 Å². The van der Waals surface area contributed by atoms with E-state index in [2.05, 4.69) is 13.8 Å². The van der Waals surface area contributed by atoms with E-state index in [0.717, 1.165) is 51.4 Å². The van der Waals surface area contributed by atoms with Gasteiger partial charge in [0, 0.05) is 18.8 Å². The molecule has 4 heteroatoms. The molecule has 2 atom stereocenters. The largest absolute Gasteiger partial charge is 0.481 e. The Morgan fingerprint density at radius 2 is 1.83 bits per heavy atom. The summed E-state index contributed by atoms with van der Waals surface area (Å²) in [4.78, 5) is 21.3. The van der Waals surface area contributed by atoms with Gasteiger partial charge in [0.25, 0.3) is 0 Å². The van der Waals surface area contributed by atoms with Crippen LogP contribution >= 0.6 is 0 Å². The van der Waals surface area contributed by atoms with Crippen molar-refractivity contribution in [2.45, 2.75) is 97.0 Å². The molecule has 0 aromatic carbocycles. The second-order valence-corrected chi connectivity index (χ2v) is 6.62. The van der Waals surface area contributed by atoms with Crippen LogP contribution in [-0.4, -0.2) is 28.1 Å². The SMILES string of the molecule is CCCCCC(O)/C=C/C1CCCC1=O.CCCCCCC(=O)O. The molecule has 140 valence electrons. The zero-order valence-electron chi connectivity index (χ0n) is 15.5. The van der Waals surface area contributed by atoms with Gasteiger partial charge in [-0.1, -0.05) is 64.5 Å². The molecule has 2 N–H and O–H groups in total. The summed E-state index contributed by atoms with van der Waals surface area (Å²) in [7, 11) is 0. The van der Waals surface area contributed by atoms with E-state index in [1.165, 1.54) is 19.3 Å². The summed E-state index contributed by atoms with van der Waals surface area (Å²) in [5.74, 6) is -0.246. The molecule has 0 amide bonds. The fourth-order valence-electron chi connectivity index (χ4n) is 2.71. The predicted octanol–water partition coefficient (Wildman–Crippen LogP) is 4.89. The first-order valence-electron chi connectivity index (χ1n) is 9.62. The van der Waals surface area contributed by atoms with Gasteiger partial charge in [0.2, 0.25) is 0 Å². The smallest absolute Gasteiger partial charge is 0.303 e. The Morgan fingerprint density at radius 1 is 1.17 bits per heavy atom. The Balaban J connectivity index is 0.000000506.